The maximum atomic E-state index is 6.12. The summed E-state index contributed by atoms with van der Waals surface area (Å²) in [4.78, 5) is 7.46. The number of morpholine rings is 1. The Bertz CT molecular complexity index is 1130. The highest BCUT2D eigenvalue weighted by molar-refractivity contribution is 6.30. The van der Waals surface area contributed by atoms with E-state index < -0.39 is 0 Å². The molecule has 1 saturated heterocycles. The molecule has 5 rings (SSSR count). The van der Waals surface area contributed by atoms with Crippen LogP contribution < -0.4 is 0 Å². The van der Waals surface area contributed by atoms with Crippen molar-refractivity contribution in [1.82, 2.24) is 14.3 Å². The second-order valence-electron chi connectivity index (χ2n) is 7.63. The Morgan fingerprint density at radius 1 is 0.833 bits per heavy atom. The summed E-state index contributed by atoms with van der Waals surface area (Å²) in [6, 6.07) is 22.7. The zero-order chi connectivity index (χ0) is 20.3. The van der Waals surface area contributed by atoms with Crippen molar-refractivity contribution in [2.75, 3.05) is 32.8 Å². The van der Waals surface area contributed by atoms with Crippen LogP contribution in [0.1, 0.15) is 5.69 Å². The summed E-state index contributed by atoms with van der Waals surface area (Å²) in [7, 11) is 0. The summed E-state index contributed by atoms with van der Waals surface area (Å²) in [6.07, 6.45) is 3.14. The molecule has 0 unspecified atom stereocenters. The topological polar surface area (TPSA) is 29.8 Å². The third kappa shape index (κ3) is 3.99. The number of hydrogen-bond acceptors (Lipinski definition) is 3. The summed E-state index contributed by atoms with van der Waals surface area (Å²) in [5, 5.41) is 0.740. The molecular formula is C25H24ClN3O. The normalized spacial score (nSPS) is 15.0. The van der Waals surface area contributed by atoms with E-state index in [2.05, 4.69) is 64.0 Å². The van der Waals surface area contributed by atoms with E-state index in [1.54, 1.807) is 0 Å². The van der Waals surface area contributed by atoms with Crippen molar-refractivity contribution in [1.29, 1.82) is 0 Å². The Morgan fingerprint density at radius 3 is 2.33 bits per heavy atom. The predicted molar refractivity (Wildman–Crippen MR) is 122 cm³/mol. The molecule has 0 spiro atoms. The van der Waals surface area contributed by atoms with Gasteiger partial charge in [-0.2, -0.15) is 0 Å². The third-order valence-electron chi connectivity index (χ3n) is 5.71. The van der Waals surface area contributed by atoms with Crippen LogP contribution in [0.5, 0.6) is 0 Å². The molecule has 2 aromatic carbocycles. The predicted octanol–water partition coefficient (Wildman–Crippen LogP) is 5.20. The van der Waals surface area contributed by atoms with E-state index in [0.717, 1.165) is 61.2 Å². The molecule has 0 radical (unpaired) electrons. The van der Waals surface area contributed by atoms with E-state index in [1.165, 1.54) is 16.8 Å². The average Bonchev–Trinajstić information content (AvgIpc) is 3.17. The molecule has 0 aliphatic carbocycles. The molecule has 1 aliphatic rings. The number of rotatable bonds is 5. The van der Waals surface area contributed by atoms with Crippen LogP contribution in [-0.4, -0.2) is 47.1 Å². The monoisotopic (exact) mass is 417 g/mol. The Balaban J connectivity index is 1.57. The van der Waals surface area contributed by atoms with Gasteiger partial charge in [0.1, 0.15) is 5.65 Å². The second-order valence-corrected chi connectivity index (χ2v) is 8.07. The first kappa shape index (κ1) is 19.3. The van der Waals surface area contributed by atoms with Gasteiger partial charge in [0.2, 0.25) is 0 Å². The van der Waals surface area contributed by atoms with Crippen LogP contribution in [0.4, 0.5) is 0 Å². The van der Waals surface area contributed by atoms with E-state index in [1.807, 2.05) is 18.2 Å². The summed E-state index contributed by atoms with van der Waals surface area (Å²) in [6.45, 7) is 4.60. The van der Waals surface area contributed by atoms with Crippen LogP contribution in [0.15, 0.2) is 72.9 Å². The molecule has 30 heavy (non-hydrogen) atoms. The molecule has 1 aliphatic heterocycles. The first-order valence-electron chi connectivity index (χ1n) is 10.4. The van der Waals surface area contributed by atoms with E-state index in [-0.39, 0.29) is 0 Å². The zero-order valence-electron chi connectivity index (χ0n) is 16.8. The first-order chi connectivity index (χ1) is 14.8. The highest BCUT2D eigenvalue weighted by Gasteiger charge is 2.17. The Morgan fingerprint density at radius 2 is 1.57 bits per heavy atom. The van der Waals surface area contributed by atoms with Crippen LogP contribution >= 0.6 is 11.6 Å². The molecule has 4 aromatic rings. The van der Waals surface area contributed by atoms with E-state index in [4.69, 9.17) is 21.3 Å². The van der Waals surface area contributed by atoms with Crippen molar-refractivity contribution in [3.8, 4) is 22.4 Å². The van der Waals surface area contributed by atoms with Crippen molar-refractivity contribution >= 4 is 17.2 Å². The van der Waals surface area contributed by atoms with Gasteiger partial charge in [0.15, 0.2) is 0 Å². The number of ether oxygens (including phenoxy) is 1. The smallest absolute Gasteiger partial charge is 0.137 e. The van der Waals surface area contributed by atoms with Crippen LogP contribution in [0, 0.1) is 0 Å². The van der Waals surface area contributed by atoms with Gasteiger partial charge in [-0.1, -0.05) is 54.1 Å². The van der Waals surface area contributed by atoms with Gasteiger partial charge in [0.25, 0.3) is 0 Å². The van der Waals surface area contributed by atoms with Crippen molar-refractivity contribution < 1.29 is 4.74 Å². The second kappa shape index (κ2) is 8.60. The van der Waals surface area contributed by atoms with Gasteiger partial charge in [0.05, 0.1) is 24.6 Å². The van der Waals surface area contributed by atoms with Crippen molar-refractivity contribution in [3.05, 3.63) is 83.6 Å². The lowest BCUT2D eigenvalue weighted by atomic mass is 10.1. The number of nitrogens with zero attached hydrogens (tertiary/aromatic N) is 3. The van der Waals surface area contributed by atoms with E-state index >= 15 is 0 Å². The van der Waals surface area contributed by atoms with Crippen molar-refractivity contribution in [2.45, 2.75) is 6.42 Å². The number of fused-ring (bicyclic) bond motifs is 1. The third-order valence-corrected chi connectivity index (χ3v) is 5.96. The molecule has 0 atom stereocenters. The molecule has 3 heterocycles. The maximum absolute atomic E-state index is 6.12. The van der Waals surface area contributed by atoms with E-state index in [0.29, 0.717) is 0 Å². The minimum Gasteiger partial charge on any atom is -0.379 e. The van der Waals surface area contributed by atoms with Gasteiger partial charge in [-0.05, 0) is 35.4 Å². The van der Waals surface area contributed by atoms with Crippen LogP contribution in [-0.2, 0) is 11.2 Å². The average molecular weight is 418 g/mol. The van der Waals surface area contributed by atoms with Crippen LogP contribution in [0.25, 0.3) is 28.0 Å². The molecule has 0 saturated carbocycles. The molecule has 0 amide bonds. The Labute approximate surface area is 181 Å². The van der Waals surface area contributed by atoms with E-state index in [9.17, 15) is 0 Å². The summed E-state index contributed by atoms with van der Waals surface area (Å²) >= 11 is 6.12. The Hall–Kier alpha value is -2.66. The number of halogens is 1. The zero-order valence-corrected chi connectivity index (χ0v) is 17.6. The minimum atomic E-state index is 0.740. The molecule has 0 bridgehead atoms. The van der Waals surface area contributed by atoms with Crippen molar-refractivity contribution in [3.63, 3.8) is 0 Å². The molecule has 2 aromatic heterocycles. The van der Waals surface area contributed by atoms with Gasteiger partial charge in [0, 0.05) is 42.8 Å². The summed E-state index contributed by atoms with van der Waals surface area (Å²) < 4.78 is 7.76. The molecule has 5 heteroatoms. The highest BCUT2D eigenvalue weighted by atomic mass is 35.5. The molecule has 4 nitrogen and oxygen atoms in total. The highest BCUT2D eigenvalue weighted by Crippen LogP contribution is 2.28. The molecule has 152 valence electrons. The fourth-order valence-corrected chi connectivity index (χ4v) is 4.19. The van der Waals surface area contributed by atoms with Crippen molar-refractivity contribution in [2.24, 2.45) is 0 Å². The molecule has 1 fully saturated rings. The van der Waals surface area contributed by atoms with Gasteiger partial charge in [-0.25, -0.2) is 4.98 Å². The van der Waals surface area contributed by atoms with Crippen LogP contribution in [0.3, 0.4) is 0 Å². The summed E-state index contributed by atoms with van der Waals surface area (Å²) in [5.41, 5.74) is 6.73. The Kier molecular flexibility index (Phi) is 5.54. The van der Waals surface area contributed by atoms with Gasteiger partial charge >= 0.3 is 0 Å². The quantitative estimate of drug-likeness (QED) is 0.447. The van der Waals surface area contributed by atoms with Crippen LogP contribution in [0.2, 0.25) is 5.02 Å². The molecule has 0 N–H and O–H groups in total. The van der Waals surface area contributed by atoms with Gasteiger partial charge in [-0.3, -0.25) is 4.90 Å². The summed E-state index contributed by atoms with van der Waals surface area (Å²) in [5.74, 6) is 0. The first-order valence-corrected chi connectivity index (χ1v) is 10.8. The lowest BCUT2D eigenvalue weighted by molar-refractivity contribution is 0.0383. The number of benzene rings is 2. The maximum Gasteiger partial charge on any atom is 0.137 e. The number of aromatic nitrogens is 2. The number of hydrogen-bond donors (Lipinski definition) is 0. The largest absolute Gasteiger partial charge is 0.379 e. The number of imidazole rings is 1. The lowest BCUT2D eigenvalue weighted by Gasteiger charge is -2.26. The van der Waals surface area contributed by atoms with Gasteiger partial charge in [-0.15, -0.1) is 0 Å². The molecular weight excluding hydrogens is 394 g/mol. The standard InChI is InChI=1S/C25H24ClN3O/c26-22-9-6-20(7-10-22)25-23(12-13-28-14-16-30-17-15-28)29-18-21(8-11-24(29)27-25)19-4-2-1-3-5-19/h1-11,18H,12-17H2. The lowest BCUT2D eigenvalue weighted by Crippen LogP contribution is -2.37. The van der Waals surface area contributed by atoms with Gasteiger partial charge < -0.3 is 9.14 Å². The SMILES string of the molecule is Clc1ccc(-c2nc3ccc(-c4ccccc4)cn3c2CCN2CCOCC2)cc1. The minimum absolute atomic E-state index is 0.740. The number of pyridine rings is 1. The fraction of sp³-hybridized carbons (Fsp3) is 0.240. The fourth-order valence-electron chi connectivity index (χ4n) is 4.06.